The number of nitrogens with zero attached hydrogens (tertiary/aromatic N) is 1. The van der Waals surface area contributed by atoms with Crippen molar-refractivity contribution < 1.29 is 24.6 Å². The summed E-state index contributed by atoms with van der Waals surface area (Å²) in [6, 6.07) is -1.04. The molecule has 0 aromatic rings. The maximum absolute atomic E-state index is 11.8. The first-order valence-corrected chi connectivity index (χ1v) is 7.15. The first-order chi connectivity index (χ1) is 9.91. The molecule has 0 unspecified atom stereocenters. The molecule has 0 radical (unpaired) electrons. The molecule has 0 aromatic carbocycles. The standard InChI is InChI=1S/C13H23N3O5/c14-10(12(19)20)3-1-2-6-15-13(21)16-7-4-9(5-8-16)11(17)18/h9-10H,1-8,14H2,(H,15,21)(H,17,18)(H,19,20)/t10-/m1/s1. The van der Waals surface area contributed by atoms with Crippen molar-refractivity contribution in [3.63, 3.8) is 0 Å². The first-order valence-electron chi connectivity index (χ1n) is 7.15. The van der Waals surface area contributed by atoms with Gasteiger partial charge in [0.2, 0.25) is 0 Å². The number of carboxylic acid groups (broad SMARTS) is 2. The molecular weight excluding hydrogens is 278 g/mol. The highest BCUT2D eigenvalue weighted by Crippen LogP contribution is 2.17. The van der Waals surface area contributed by atoms with Gasteiger partial charge in [-0.3, -0.25) is 9.59 Å². The second kappa shape index (κ2) is 8.46. The molecular formula is C13H23N3O5. The van der Waals surface area contributed by atoms with Crippen LogP contribution in [0.15, 0.2) is 0 Å². The number of likely N-dealkylation sites (tertiary alicyclic amines) is 1. The Kier molecular flexibility index (Phi) is 6.93. The van der Waals surface area contributed by atoms with E-state index in [0.29, 0.717) is 51.7 Å². The number of piperidine rings is 1. The van der Waals surface area contributed by atoms with Crippen molar-refractivity contribution in [3.05, 3.63) is 0 Å². The minimum absolute atomic E-state index is 0.193. The largest absolute Gasteiger partial charge is 0.481 e. The topological polar surface area (TPSA) is 133 Å². The van der Waals surface area contributed by atoms with Gasteiger partial charge < -0.3 is 26.2 Å². The van der Waals surface area contributed by atoms with Gasteiger partial charge in [-0.05, 0) is 32.1 Å². The lowest BCUT2D eigenvalue weighted by atomic mass is 9.97. The quantitative estimate of drug-likeness (QED) is 0.492. The van der Waals surface area contributed by atoms with Gasteiger partial charge in [-0.15, -0.1) is 0 Å². The van der Waals surface area contributed by atoms with Crippen LogP contribution in [-0.4, -0.2) is 58.8 Å². The molecule has 0 spiro atoms. The van der Waals surface area contributed by atoms with E-state index in [1.807, 2.05) is 0 Å². The molecule has 1 rings (SSSR count). The van der Waals surface area contributed by atoms with E-state index in [0.717, 1.165) is 0 Å². The van der Waals surface area contributed by atoms with Crippen molar-refractivity contribution in [1.82, 2.24) is 10.2 Å². The number of carbonyl (C=O) groups excluding carboxylic acids is 1. The summed E-state index contributed by atoms with van der Waals surface area (Å²) in [7, 11) is 0. The maximum atomic E-state index is 11.8. The Labute approximate surface area is 123 Å². The number of carboxylic acids is 2. The lowest BCUT2D eigenvalue weighted by Crippen LogP contribution is -2.45. The number of aliphatic carboxylic acids is 2. The van der Waals surface area contributed by atoms with Gasteiger partial charge in [0.1, 0.15) is 6.04 Å². The number of urea groups is 1. The minimum Gasteiger partial charge on any atom is -0.481 e. The van der Waals surface area contributed by atoms with Crippen LogP contribution in [-0.2, 0) is 9.59 Å². The number of nitrogens with one attached hydrogen (secondary N) is 1. The monoisotopic (exact) mass is 301 g/mol. The third-order valence-corrected chi connectivity index (χ3v) is 3.67. The van der Waals surface area contributed by atoms with Crippen LogP contribution in [0.5, 0.6) is 0 Å². The highest BCUT2D eigenvalue weighted by Gasteiger charge is 2.26. The van der Waals surface area contributed by atoms with E-state index in [-0.39, 0.29) is 11.9 Å². The second-order valence-electron chi connectivity index (χ2n) is 5.27. The van der Waals surface area contributed by atoms with E-state index < -0.39 is 18.0 Å². The number of nitrogens with two attached hydrogens (primary N) is 1. The van der Waals surface area contributed by atoms with E-state index in [4.69, 9.17) is 15.9 Å². The van der Waals surface area contributed by atoms with E-state index >= 15 is 0 Å². The highest BCUT2D eigenvalue weighted by molar-refractivity contribution is 5.75. The zero-order valence-corrected chi connectivity index (χ0v) is 12.0. The van der Waals surface area contributed by atoms with Crippen LogP contribution in [0.25, 0.3) is 0 Å². The molecule has 5 N–H and O–H groups in total. The second-order valence-corrected chi connectivity index (χ2v) is 5.27. The van der Waals surface area contributed by atoms with E-state index in [1.54, 1.807) is 4.90 Å². The van der Waals surface area contributed by atoms with Gasteiger partial charge in [-0.25, -0.2) is 4.79 Å². The smallest absolute Gasteiger partial charge is 0.320 e. The lowest BCUT2D eigenvalue weighted by molar-refractivity contribution is -0.143. The Morgan fingerprint density at radius 2 is 1.81 bits per heavy atom. The maximum Gasteiger partial charge on any atom is 0.320 e. The number of amides is 2. The molecule has 0 aliphatic carbocycles. The Morgan fingerprint density at radius 3 is 2.33 bits per heavy atom. The number of unbranched alkanes of at least 4 members (excludes halogenated alkanes) is 1. The van der Waals surface area contributed by atoms with Gasteiger partial charge in [0.25, 0.3) is 0 Å². The number of hydrogen-bond donors (Lipinski definition) is 4. The highest BCUT2D eigenvalue weighted by atomic mass is 16.4. The molecule has 120 valence electrons. The Balaban J connectivity index is 2.12. The molecule has 2 amide bonds. The normalized spacial score (nSPS) is 17.3. The fraction of sp³-hybridized carbons (Fsp3) is 0.769. The number of carbonyl (C=O) groups is 3. The summed E-state index contributed by atoms with van der Waals surface area (Å²) in [6.45, 7) is 1.36. The zero-order valence-electron chi connectivity index (χ0n) is 12.0. The fourth-order valence-electron chi connectivity index (χ4n) is 2.25. The first kappa shape index (κ1) is 17.2. The Morgan fingerprint density at radius 1 is 1.19 bits per heavy atom. The Hall–Kier alpha value is -1.83. The van der Waals surface area contributed by atoms with Crippen LogP contribution in [0.3, 0.4) is 0 Å². The molecule has 0 bridgehead atoms. The Bertz CT molecular complexity index is 380. The average molecular weight is 301 g/mol. The summed E-state index contributed by atoms with van der Waals surface area (Å²) in [5.74, 6) is -2.17. The van der Waals surface area contributed by atoms with Crippen molar-refractivity contribution in [2.45, 2.75) is 38.1 Å². The van der Waals surface area contributed by atoms with Crippen LogP contribution < -0.4 is 11.1 Å². The van der Waals surface area contributed by atoms with Gasteiger partial charge >= 0.3 is 18.0 Å². The molecule has 8 nitrogen and oxygen atoms in total. The molecule has 1 saturated heterocycles. The summed E-state index contributed by atoms with van der Waals surface area (Å²) in [6.07, 6.45) is 2.65. The van der Waals surface area contributed by atoms with Crippen molar-refractivity contribution in [2.75, 3.05) is 19.6 Å². The van der Waals surface area contributed by atoms with E-state index in [2.05, 4.69) is 5.32 Å². The van der Waals surface area contributed by atoms with Gasteiger partial charge in [-0.2, -0.15) is 0 Å². The SMILES string of the molecule is N[C@H](CCCCNC(=O)N1CCC(C(=O)O)CC1)C(=O)O. The van der Waals surface area contributed by atoms with Crippen LogP contribution in [0.2, 0.25) is 0 Å². The van der Waals surface area contributed by atoms with Crippen LogP contribution in [0.1, 0.15) is 32.1 Å². The minimum atomic E-state index is -1.01. The lowest BCUT2D eigenvalue weighted by Gasteiger charge is -2.30. The summed E-state index contributed by atoms with van der Waals surface area (Å²) in [4.78, 5) is 34.8. The van der Waals surface area contributed by atoms with Crippen LogP contribution >= 0.6 is 0 Å². The molecule has 21 heavy (non-hydrogen) atoms. The van der Waals surface area contributed by atoms with Crippen LogP contribution in [0.4, 0.5) is 4.79 Å². The molecule has 0 saturated carbocycles. The van der Waals surface area contributed by atoms with Crippen molar-refractivity contribution in [3.8, 4) is 0 Å². The van der Waals surface area contributed by atoms with Gasteiger partial charge in [0.15, 0.2) is 0 Å². The predicted molar refractivity (Wildman–Crippen MR) is 74.8 cm³/mol. The summed E-state index contributed by atoms with van der Waals surface area (Å²) in [5, 5.41) is 20.2. The van der Waals surface area contributed by atoms with Gasteiger partial charge in [-0.1, -0.05) is 0 Å². The summed E-state index contributed by atoms with van der Waals surface area (Å²) >= 11 is 0. The summed E-state index contributed by atoms with van der Waals surface area (Å²) < 4.78 is 0. The molecule has 1 fully saturated rings. The molecule has 0 aromatic heterocycles. The molecule has 1 atom stereocenters. The van der Waals surface area contributed by atoms with Gasteiger partial charge in [0, 0.05) is 19.6 Å². The molecule has 1 heterocycles. The van der Waals surface area contributed by atoms with Crippen molar-refractivity contribution >= 4 is 18.0 Å². The van der Waals surface area contributed by atoms with Crippen molar-refractivity contribution in [2.24, 2.45) is 11.7 Å². The van der Waals surface area contributed by atoms with E-state index in [9.17, 15) is 14.4 Å². The number of rotatable bonds is 7. The third-order valence-electron chi connectivity index (χ3n) is 3.67. The zero-order chi connectivity index (χ0) is 15.8. The predicted octanol–water partition coefficient (Wildman–Crippen LogP) is 0.0748. The third kappa shape index (κ3) is 5.99. The average Bonchev–Trinajstić information content (AvgIpc) is 2.46. The van der Waals surface area contributed by atoms with E-state index in [1.165, 1.54) is 0 Å². The van der Waals surface area contributed by atoms with Crippen LogP contribution in [0, 0.1) is 5.92 Å². The number of hydrogen-bond acceptors (Lipinski definition) is 4. The van der Waals surface area contributed by atoms with Crippen molar-refractivity contribution in [1.29, 1.82) is 0 Å². The molecule has 8 heteroatoms. The summed E-state index contributed by atoms with van der Waals surface area (Å²) in [5.41, 5.74) is 5.37. The molecule has 1 aliphatic rings. The van der Waals surface area contributed by atoms with Gasteiger partial charge in [0.05, 0.1) is 5.92 Å². The fourth-order valence-corrected chi connectivity index (χ4v) is 2.25. The molecule has 1 aliphatic heterocycles.